The molecular formula is C20H29ClN2O5S. The summed E-state index contributed by atoms with van der Waals surface area (Å²) in [5, 5.41) is 13.0. The van der Waals surface area contributed by atoms with Gasteiger partial charge in [-0.3, -0.25) is 0 Å². The molecule has 1 aromatic carbocycles. The molecule has 7 nitrogen and oxygen atoms in total. The van der Waals surface area contributed by atoms with E-state index >= 15 is 0 Å². The molecule has 1 heterocycles. The summed E-state index contributed by atoms with van der Waals surface area (Å²) in [4.78, 5) is 0.111. The van der Waals surface area contributed by atoms with E-state index in [1.807, 2.05) is 0 Å². The second-order valence-electron chi connectivity index (χ2n) is 8.52. The molecule has 1 aromatic rings. The number of nitrogens with zero attached hydrogens (tertiary/aromatic N) is 1. The van der Waals surface area contributed by atoms with Crippen LogP contribution in [0.3, 0.4) is 0 Å². The van der Waals surface area contributed by atoms with E-state index in [1.54, 1.807) is 25.2 Å². The van der Waals surface area contributed by atoms with E-state index in [4.69, 9.17) is 21.1 Å². The fourth-order valence-electron chi connectivity index (χ4n) is 4.56. The van der Waals surface area contributed by atoms with Crippen molar-refractivity contribution in [1.82, 2.24) is 4.31 Å². The summed E-state index contributed by atoms with van der Waals surface area (Å²) < 4.78 is 38.6. The highest BCUT2D eigenvalue weighted by molar-refractivity contribution is 7.89. The third-order valence-electron chi connectivity index (χ3n) is 6.29. The van der Waals surface area contributed by atoms with Gasteiger partial charge in [-0.1, -0.05) is 11.6 Å². The average molecular weight is 445 g/mol. The lowest BCUT2D eigenvalue weighted by molar-refractivity contribution is -0.152. The van der Waals surface area contributed by atoms with Gasteiger partial charge in [0.2, 0.25) is 10.0 Å². The molecule has 0 radical (unpaired) electrons. The first-order valence-electron chi connectivity index (χ1n) is 10.2. The van der Waals surface area contributed by atoms with Crippen LogP contribution in [-0.4, -0.2) is 63.1 Å². The van der Waals surface area contributed by atoms with Gasteiger partial charge in [0, 0.05) is 38.7 Å². The first-order chi connectivity index (χ1) is 13.8. The van der Waals surface area contributed by atoms with E-state index in [0.29, 0.717) is 38.5 Å². The molecule has 0 bridgehead atoms. The van der Waals surface area contributed by atoms with Crippen LogP contribution in [0.5, 0.6) is 0 Å². The quantitative estimate of drug-likeness (QED) is 0.672. The highest BCUT2D eigenvalue weighted by Gasteiger charge is 2.43. The summed E-state index contributed by atoms with van der Waals surface area (Å²) >= 11 is 6.33. The molecule has 1 atom stereocenters. The van der Waals surface area contributed by atoms with Gasteiger partial charge < -0.3 is 19.9 Å². The summed E-state index contributed by atoms with van der Waals surface area (Å²) in [7, 11) is -2.10. The monoisotopic (exact) mass is 444 g/mol. The maximum Gasteiger partial charge on any atom is 0.244 e. The Morgan fingerprint density at radius 2 is 2.00 bits per heavy atom. The van der Waals surface area contributed by atoms with E-state index in [-0.39, 0.29) is 27.7 Å². The van der Waals surface area contributed by atoms with Gasteiger partial charge in [0.25, 0.3) is 0 Å². The molecule has 9 heteroatoms. The number of hydrogen-bond acceptors (Lipinski definition) is 6. The molecule has 162 valence electrons. The fraction of sp³-hybridized carbons (Fsp3) is 0.700. The van der Waals surface area contributed by atoms with Crippen molar-refractivity contribution in [1.29, 1.82) is 0 Å². The van der Waals surface area contributed by atoms with Gasteiger partial charge in [-0.05, 0) is 49.3 Å². The third kappa shape index (κ3) is 4.57. The number of sulfonamides is 1. The van der Waals surface area contributed by atoms with Crippen molar-refractivity contribution < 1.29 is 23.0 Å². The lowest BCUT2D eigenvalue weighted by Gasteiger charge is -2.34. The average Bonchev–Trinajstić information content (AvgIpc) is 3.28. The zero-order chi connectivity index (χ0) is 20.6. The zero-order valence-corrected chi connectivity index (χ0v) is 18.2. The molecule has 2 aliphatic carbocycles. The Bertz CT molecular complexity index is 837. The summed E-state index contributed by atoms with van der Waals surface area (Å²) in [5.41, 5.74) is 0.799. The van der Waals surface area contributed by atoms with Crippen LogP contribution in [0.15, 0.2) is 23.1 Å². The molecule has 2 saturated carbocycles. The maximum atomic E-state index is 12.9. The molecule has 4 rings (SSSR count). The van der Waals surface area contributed by atoms with Crippen molar-refractivity contribution in [3.63, 3.8) is 0 Å². The molecule has 0 amide bonds. The number of rotatable bonds is 7. The molecule has 1 unspecified atom stereocenters. The minimum Gasteiger partial charge on any atom is -0.393 e. The predicted octanol–water partition coefficient (Wildman–Crippen LogP) is 2.69. The number of nitrogens with one attached hydrogen (secondary N) is 1. The molecule has 2 N–H and O–H groups in total. The van der Waals surface area contributed by atoms with E-state index in [9.17, 15) is 13.5 Å². The number of ether oxygens (including phenoxy) is 2. The molecule has 1 aliphatic heterocycles. The smallest absolute Gasteiger partial charge is 0.244 e. The summed E-state index contributed by atoms with van der Waals surface area (Å²) in [6.45, 7) is 2.49. The van der Waals surface area contributed by atoms with Gasteiger partial charge in [0.1, 0.15) is 4.90 Å². The van der Waals surface area contributed by atoms with Gasteiger partial charge in [-0.15, -0.1) is 0 Å². The second-order valence-corrected chi connectivity index (χ2v) is 10.9. The van der Waals surface area contributed by atoms with Crippen LogP contribution in [0.2, 0.25) is 5.02 Å². The molecule has 29 heavy (non-hydrogen) atoms. The van der Waals surface area contributed by atoms with Crippen molar-refractivity contribution in [3.8, 4) is 0 Å². The van der Waals surface area contributed by atoms with Gasteiger partial charge in [0.15, 0.2) is 5.79 Å². The first-order valence-corrected chi connectivity index (χ1v) is 12.0. The molecule has 1 saturated heterocycles. The van der Waals surface area contributed by atoms with Gasteiger partial charge in [0.05, 0.1) is 24.3 Å². The Morgan fingerprint density at radius 3 is 2.66 bits per heavy atom. The number of benzene rings is 1. The minimum absolute atomic E-state index is 0.111. The number of hydrogen-bond donors (Lipinski definition) is 2. The molecule has 3 aliphatic rings. The van der Waals surface area contributed by atoms with Crippen LogP contribution in [-0.2, 0) is 19.5 Å². The number of anilines is 1. The van der Waals surface area contributed by atoms with Crippen LogP contribution in [0.25, 0.3) is 0 Å². The fourth-order valence-corrected chi connectivity index (χ4v) is 6.32. The van der Waals surface area contributed by atoms with Gasteiger partial charge in [-0.25, -0.2) is 12.7 Å². The van der Waals surface area contributed by atoms with Crippen molar-refractivity contribution in [2.75, 3.05) is 38.7 Å². The largest absolute Gasteiger partial charge is 0.393 e. The van der Waals surface area contributed by atoms with Crippen molar-refractivity contribution in [2.24, 2.45) is 11.8 Å². The lowest BCUT2D eigenvalue weighted by Crippen LogP contribution is -2.39. The van der Waals surface area contributed by atoms with Crippen LogP contribution in [0.1, 0.15) is 32.1 Å². The summed E-state index contributed by atoms with van der Waals surface area (Å²) in [6.07, 6.45) is 3.83. The highest BCUT2D eigenvalue weighted by atomic mass is 35.5. The van der Waals surface area contributed by atoms with Gasteiger partial charge in [-0.2, -0.15) is 0 Å². The number of halogens is 1. The molecule has 1 spiro atoms. The van der Waals surface area contributed by atoms with E-state index in [2.05, 4.69) is 5.32 Å². The predicted molar refractivity (Wildman–Crippen MR) is 110 cm³/mol. The number of aliphatic hydroxyl groups excluding tert-OH is 1. The number of aliphatic hydroxyl groups is 1. The first kappa shape index (κ1) is 21.3. The Labute approximate surface area is 177 Å². The summed E-state index contributed by atoms with van der Waals surface area (Å²) in [5.74, 6) is 0.259. The second kappa shape index (κ2) is 8.32. The van der Waals surface area contributed by atoms with E-state index in [1.165, 1.54) is 4.31 Å². The molecule has 0 aromatic heterocycles. The van der Waals surface area contributed by atoms with Crippen molar-refractivity contribution >= 4 is 27.3 Å². The Balaban J connectivity index is 1.35. The van der Waals surface area contributed by atoms with Gasteiger partial charge >= 0.3 is 0 Å². The van der Waals surface area contributed by atoms with Crippen LogP contribution < -0.4 is 5.32 Å². The van der Waals surface area contributed by atoms with Crippen LogP contribution in [0, 0.1) is 11.8 Å². The van der Waals surface area contributed by atoms with E-state index in [0.717, 1.165) is 31.5 Å². The highest BCUT2D eigenvalue weighted by Crippen LogP contribution is 2.41. The van der Waals surface area contributed by atoms with Crippen molar-refractivity contribution in [3.05, 3.63) is 23.2 Å². The Hall–Kier alpha value is -0.900. The molecular weight excluding hydrogens is 416 g/mol. The van der Waals surface area contributed by atoms with E-state index < -0.39 is 10.0 Å². The SMILES string of the molecule is CN(CC1CC(O)C1)S(=O)(=O)c1ccc(NCC2CCC3(C2)OCCO3)cc1Cl. The molecule has 3 fully saturated rings. The van der Waals surface area contributed by atoms with Crippen molar-refractivity contribution in [2.45, 2.75) is 48.9 Å². The topological polar surface area (TPSA) is 88.1 Å². The lowest BCUT2D eigenvalue weighted by atomic mass is 9.82. The third-order valence-corrected chi connectivity index (χ3v) is 8.59. The summed E-state index contributed by atoms with van der Waals surface area (Å²) in [6, 6.07) is 4.99. The standard InChI is InChI=1S/C20H29ClN2O5S/c1-23(13-15-8-17(24)9-15)29(25,26)19-3-2-16(10-18(19)21)22-12-14-4-5-20(11-14)27-6-7-28-20/h2-3,10,14-15,17,22,24H,4-9,11-13H2,1H3. The maximum absolute atomic E-state index is 12.9. The zero-order valence-electron chi connectivity index (χ0n) is 16.6. The van der Waals surface area contributed by atoms with Crippen LogP contribution >= 0.6 is 11.6 Å². The normalized spacial score (nSPS) is 28.8. The Kier molecular flexibility index (Phi) is 6.12. The minimum atomic E-state index is -3.66. The van der Waals surface area contributed by atoms with Crippen LogP contribution in [0.4, 0.5) is 5.69 Å². The Morgan fingerprint density at radius 1 is 1.28 bits per heavy atom.